The van der Waals surface area contributed by atoms with Crippen LogP contribution in [0.2, 0.25) is 0 Å². The zero-order valence-electron chi connectivity index (χ0n) is 14.6. The molecule has 0 bridgehead atoms. The van der Waals surface area contributed by atoms with Gasteiger partial charge in [-0.3, -0.25) is 4.79 Å². The van der Waals surface area contributed by atoms with Gasteiger partial charge in [-0.15, -0.1) is 0 Å². The zero-order chi connectivity index (χ0) is 17.1. The highest BCUT2D eigenvalue weighted by Crippen LogP contribution is 2.37. The number of hydrogen-bond donors (Lipinski definition) is 1. The molecule has 6 heteroatoms. The molecule has 6 nitrogen and oxygen atoms in total. The molecule has 1 aromatic rings. The van der Waals surface area contributed by atoms with Crippen LogP contribution in [0.4, 0.5) is 5.95 Å². The summed E-state index contributed by atoms with van der Waals surface area (Å²) in [5.41, 5.74) is -0.149. The Morgan fingerprint density at radius 1 is 1.28 bits per heavy atom. The molecule has 0 unspecified atom stereocenters. The van der Waals surface area contributed by atoms with Crippen LogP contribution < -0.4 is 5.32 Å². The second kappa shape index (κ2) is 7.12. The predicted molar refractivity (Wildman–Crippen MR) is 95.0 cm³/mol. The minimum Gasteiger partial charge on any atom is -0.368 e. The van der Waals surface area contributed by atoms with Crippen LogP contribution in [0.15, 0.2) is 30.6 Å². The van der Waals surface area contributed by atoms with E-state index in [-0.39, 0.29) is 17.6 Å². The lowest BCUT2D eigenvalue weighted by Crippen LogP contribution is -2.46. The van der Waals surface area contributed by atoms with Crippen molar-refractivity contribution in [3.05, 3.63) is 30.6 Å². The van der Waals surface area contributed by atoms with Crippen molar-refractivity contribution in [3.8, 4) is 0 Å². The van der Waals surface area contributed by atoms with Gasteiger partial charge in [0.2, 0.25) is 11.9 Å². The van der Waals surface area contributed by atoms with Gasteiger partial charge in [0.15, 0.2) is 0 Å². The highest BCUT2D eigenvalue weighted by molar-refractivity contribution is 5.80. The molecular weight excluding hydrogens is 316 g/mol. The summed E-state index contributed by atoms with van der Waals surface area (Å²) >= 11 is 0. The van der Waals surface area contributed by atoms with E-state index in [9.17, 15) is 4.79 Å². The fraction of sp³-hybridized carbons (Fsp3) is 0.632. The van der Waals surface area contributed by atoms with Gasteiger partial charge >= 0.3 is 0 Å². The van der Waals surface area contributed by atoms with Crippen LogP contribution in [0.3, 0.4) is 0 Å². The van der Waals surface area contributed by atoms with E-state index in [1.165, 1.54) is 0 Å². The molecule has 0 aromatic carbocycles. The van der Waals surface area contributed by atoms with E-state index in [2.05, 4.69) is 27.4 Å². The van der Waals surface area contributed by atoms with E-state index < -0.39 is 0 Å². The van der Waals surface area contributed by atoms with E-state index in [1.54, 1.807) is 18.5 Å². The topological polar surface area (TPSA) is 67.4 Å². The Morgan fingerprint density at radius 2 is 2.08 bits per heavy atom. The van der Waals surface area contributed by atoms with Gasteiger partial charge in [0.25, 0.3) is 0 Å². The van der Waals surface area contributed by atoms with Gasteiger partial charge in [-0.2, -0.15) is 0 Å². The van der Waals surface area contributed by atoms with Gasteiger partial charge in [-0.1, -0.05) is 12.2 Å². The summed E-state index contributed by atoms with van der Waals surface area (Å²) in [6.45, 7) is 2.30. The molecular formula is C19H26N4O2. The normalized spacial score (nSPS) is 29.4. The van der Waals surface area contributed by atoms with Gasteiger partial charge in [-0.25, -0.2) is 9.97 Å². The van der Waals surface area contributed by atoms with Crippen LogP contribution in [0.25, 0.3) is 0 Å². The molecule has 1 amide bonds. The lowest BCUT2D eigenvalue weighted by molar-refractivity contribution is -0.140. The molecule has 1 N–H and O–H groups in total. The first kappa shape index (κ1) is 16.5. The first-order valence-electron chi connectivity index (χ1n) is 9.37. The van der Waals surface area contributed by atoms with E-state index in [4.69, 9.17) is 4.74 Å². The van der Waals surface area contributed by atoms with Crippen molar-refractivity contribution < 1.29 is 9.53 Å². The van der Waals surface area contributed by atoms with E-state index in [1.807, 2.05) is 4.90 Å². The van der Waals surface area contributed by atoms with Gasteiger partial charge in [-0.05, 0) is 44.6 Å². The predicted octanol–water partition coefficient (Wildman–Crippen LogP) is 2.39. The molecule has 0 saturated carbocycles. The number of amides is 1. The Hall–Kier alpha value is -1.95. The van der Waals surface area contributed by atoms with E-state index >= 15 is 0 Å². The second-order valence-electron chi connectivity index (χ2n) is 7.42. The summed E-state index contributed by atoms with van der Waals surface area (Å²) in [5.74, 6) is 1.11. The smallest absolute Gasteiger partial charge is 0.226 e. The maximum atomic E-state index is 12.7. The lowest BCUT2D eigenvalue weighted by Gasteiger charge is -2.38. The molecule has 3 aliphatic rings. The maximum Gasteiger partial charge on any atom is 0.226 e. The summed E-state index contributed by atoms with van der Waals surface area (Å²) in [6, 6.07) is 1.81. The third kappa shape index (κ3) is 3.68. The average molecular weight is 342 g/mol. The van der Waals surface area contributed by atoms with Crippen molar-refractivity contribution in [1.29, 1.82) is 0 Å². The molecule has 2 saturated heterocycles. The molecule has 134 valence electrons. The Morgan fingerprint density at radius 3 is 2.88 bits per heavy atom. The molecule has 2 atom stereocenters. The van der Waals surface area contributed by atoms with Gasteiger partial charge < -0.3 is 15.0 Å². The van der Waals surface area contributed by atoms with Crippen LogP contribution in [0, 0.1) is 5.92 Å². The number of carbonyl (C=O) groups excluding carboxylic acids is 1. The number of anilines is 1. The fourth-order valence-corrected chi connectivity index (χ4v) is 4.27. The van der Waals surface area contributed by atoms with Crippen molar-refractivity contribution in [2.24, 2.45) is 5.92 Å². The second-order valence-corrected chi connectivity index (χ2v) is 7.42. The Kier molecular flexibility index (Phi) is 4.70. The number of nitrogens with one attached hydrogen (secondary N) is 1. The minimum atomic E-state index is -0.149. The standard InChI is InChI=1S/C19H26N4O2/c24-17(15-5-1-2-6-15)23-12-9-19(14-23)8-3-7-16(25-19)13-22-18-20-10-4-11-21-18/h1-2,4,10-11,15-16H,3,5-9,12-14H2,(H,20,21,22)/t16-,19-/m1/s1. The molecule has 1 spiro atoms. The number of hydrogen-bond acceptors (Lipinski definition) is 5. The van der Waals surface area contributed by atoms with Gasteiger partial charge in [0.05, 0.1) is 11.7 Å². The Bertz CT molecular complexity index is 628. The van der Waals surface area contributed by atoms with Crippen molar-refractivity contribution in [1.82, 2.24) is 14.9 Å². The number of likely N-dealkylation sites (tertiary alicyclic amines) is 1. The molecule has 25 heavy (non-hydrogen) atoms. The van der Waals surface area contributed by atoms with E-state index in [0.29, 0.717) is 18.4 Å². The molecule has 0 radical (unpaired) electrons. The Balaban J connectivity index is 1.32. The molecule has 1 aliphatic carbocycles. The summed E-state index contributed by atoms with van der Waals surface area (Å²) < 4.78 is 6.47. The monoisotopic (exact) mass is 342 g/mol. The van der Waals surface area contributed by atoms with Crippen molar-refractivity contribution in [2.75, 3.05) is 25.0 Å². The highest BCUT2D eigenvalue weighted by atomic mass is 16.5. The minimum absolute atomic E-state index is 0.149. The van der Waals surface area contributed by atoms with E-state index in [0.717, 1.165) is 51.6 Å². The summed E-state index contributed by atoms with van der Waals surface area (Å²) in [4.78, 5) is 23.1. The number of allylic oxidation sites excluding steroid dienone is 2. The van der Waals surface area contributed by atoms with Gasteiger partial charge in [0.1, 0.15) is 0 Å². The third-order valence-corrected chi connectivity index (χ3v) is 5.61. The van der Waals surface area contributed by atoms with Gasteiger partial charge in [0, 0.05) is 37.9 Å². The van der Waals surface area contributed by atoms with Crippen molar-refractivity contribution in [3.63, 3.8) is 0 Å². The zero-order valence-corrected chi connectivity index (χ0v) is 14.6. The summed E-state index contributed by atoms with van der Waals surface area (Å²) in [6.07, 6.45) is 13.9. The van der Waals surface area contributed by atoms with Crippen LogP contribution in [0.1, 0.15) is 38.5 Å². The molecule has 2 aliphatic heterocycles. The fourth-order valence-electron chi connectivity index (χ4n) is 4.27. The first-order chi connectivity index (χ1) is 12.2. The molecule has 4 rings (SSSR count). The Labute approximate surface area is 148 Å². The molecule has 1 aromatic heterocycles. The number of nitrogens with zero attached hydrogens (tertiary/aromatic N) is 3. The van der Waals surface area contributed by atoms with Crippen LogP contribution in [-0.2, 0) is 9.53 Å². The summed E-state index contributed by atoms with van der Waals surface area (Å²) in [7, 11) is 0. The molecule has 2 fully saturated rings. The maximum absolute atomic E-state index is 12.7. The number of rotatable bonds is 4. The van der Waals surface area contributed by atoms with Crippen molar-refractivity contribution in [2.45, 2.75) is 50.2 Å². The first-order valence-corrected chi connectivity index (χ1v) is 9.37. The van der Waals surface area contributed by atoms with Crippen LogP contribution in [-0.4, -0.2) is 52.1 Å². The number of aromatic nitrogens is 2. The number of carbonyl (C=O) groups is 1. The number of ether oxygens (including phenoxy) is 1. The molecule has 3 heterocycles. The van der Waals surface area contributed by atoms with Crippen molar-refractivity contribution >= 4 is 11.9 Å². The largest absolute Gasteiger partial charge is 0.368 e. The quantitative estimate of drug-likeness (QED) is 0.851. The summed E-state index contributed by atoms with van der Waals surface area (Å²) in [5, 5.41) is 3.26. The highest BCUT2D eigenvalue weighted by Gasteiger charge is 2.45. The average Bonchev–Trinajstić information content (AvgIpc) is 3.31. The third-order valence-electron chi connectivity index (χ3n) is 5.61. The van der Waals surface area contributed by atoms with Crippen LogP contribution in [0.5, 0.6) is 0 Å². The lowest BCUT2D eigenvalue weighted by atomic mass is 9.90. The SMILES string of the molecule is O=C(C1CC=CC1)N1CC[C@]2(CCC[C@H](CNc3ncccn3)O2)C1. The van der Waals surface area contributed by atoms with Crippen LogP contribution >= 0.6 is 0 Å².